The van der Waals surface area contributed by atoms with E-state index in [0.717, 1.165) is 9.80 Å². The van der Waals surface area contributed by atoms with Crippen LogP contribution in [0.3, 0.4) is 0 Å². The van der Waals surface area contributed by atoms with Gasteiger partial charge in [0.15, 0.2) is 12.5 Å². The lowest BCUT2D eigenvalue weighted by atomic mass is 10.3. The average Bonchev–Trinajstić information content (AvgIpc) is 3.23. The zero-order valence-corrected chi connectivity index (χ0v) is 10.1. The lowest BCUT2D eigenvalue weighted by Crippen LogP contribution is -2.73. The van der Waals surface area contributed by atoms with Crippen molar-refractivity contribution >= 4 is 18.1 Å². The second-order valence-electron chi connectivity index (χ2n) is 5.03. The molecule has 3 atom stereocenters. The molecule has 19 heavy (non-hydrogen) atoms. The third-order valence-electron chi connectivity index (χ3n) is 3.72. The number of quaternary nitrogens is 1. The van der Waals surface area contributed by atoms with Crippen LogP contribution in [0, 0.1) is 0 Å². The quantitative estimate of drug-likeness (QED) is 0.506. The van der Waals surface area contributed by atoms with Crippen LogP contribution in [-0.4, -0.2) is 77.9 Å². The molecule has 4 saturated heterocycles. The first kappa shape index (κ1) is 11.3. The summed E-state index contributed by atoms with van der Waals surface area (Å²) in [7, 11) is 1.46. The van der Waals surface area contributed by atoms with Gasteiger partial charge in [0.25, 0.3) is 0 Å². The number of carbonyl (C=O) groups is 3. The van der Waals surface area contributed by atoms with Crippen molar-refractivity contribution in [2.45, 2.75) is 18.7 Å². The summed E-state index contributed by atoms with van der Waals surface area (Å²) in [4.78, 5) is 39.1. The van der Waals surface area contributed by atoms with E-state index >= 15 is 0 Å². The van der Waals surface area contributed by atoms with Gasteiger partial charge in [-0.2, -0.15) is 9.80 Å². The molecule has 0 aromatic carbocycles. The summed E-state index contributed by atoms with van der Waals surface area (Å²) in [5.41, 5.74) is 0. The van der Waals surface area contributed by atoms with Gasteiger partial charge in [0.05, 0.1) is 20.3 Å². The Bertz CT molecular complexity index is 461. The maximum absolute atomic E-state index is 12.4. The van der Waals surface area contributed by atoms with Crippen molar-refractivity contribution in [2.75, 3.05) is 26.9 Å². The Morgan fingerprint density at radius 2 is 1.37 bits per heavy atom. The molecule has 0 aromatic heterocycles. The molecule has 0 aromatic rings. The Morgan fingerprint density at radius 3 is 1.68 bits per heavy atom. The van der Waals surface area contributed by atoms with Gasteiger partial charge in [-0.3, -0.25) is 0 Å². The zero-order chi connectivity index (χ0) is 13.4. The van der Waals surface area contributed by atoms with Crippen molar-refractivity contribution in [1.82, 2.24) is 9.80 Å². The van der Waals surface area contributed by atoms with Crippen LogP contribution in [0.4, 0.5) is 14.4 Å². The maximum atomic E-state index is 12.4. The molecule has 3 unspecified atom stereocenters. The first-order valence-corrected chi connectivity index (χ1v) is 5.97. The third kappa shape index (κ3) is 1.40. The highest BCUT2D eigenvalue weighted by Gasteiger charge is 2.68. The molecule has 4 aliphatic rings. The minimum atomic E-state index is -0.670. The number of imide groups is 3. The zero-order valence-electron chi connectivity index (χ0n) is 10.1. The topological polar surface area (TPSA) is 95.3 Å². The minimum Gasteiger partial charge on any atom is -0.350 e. The molecular weight excluding hydrogens is 258 g/mol. The van der Waals surface area contributed by atoms with Crippen molar-refractivity contribution < 1.29 is 33.1 Å². The smallest absolute Gasteiger partial charge is 0.350 e. The lowest BCUT2D eigenvalue weighted by Gasteiger charge is -2.39. The van der Waals surface area contributed by atoms with Crippen LogP contribution in [-0.2, 0) is 14.2 Å². The lowest BCUT2D eigenvalue weighted by molar-refractivity contribution is -0.780. The summed E-state index contributed by atoms with van der Waals surface area (Å²) in [5.74, 6) is 0. The van der Waals surface area contributed by atoms with Crippen LogP contribution in [0.1, 0.15) is 0 Å². The van der Waals surface area contributed by atoms with Crippen LogP contribution >= 0.6 is 0 Å². The molecule has 9 heteroatoms. The molecule has 0 N–H and O–H groups in total. The second kappa shape index (κ2) is 3.31. The standard InChI is InChI=1S/C10H12N3O6/c1-13(7-4-19-7)9(15)11(5-2-17-5)8(14)12(10(13)16)6-3-18-6/h5-7H,2-4H2,1H3/q+1. The van der Waals surface area contributed by atoms with E-state index in [-0.39, 0.29) is 0 Å². The van der Waals surface area contributed by atoms with Crippen molar-refractivity contribution in [2.24, 2.45) is 0 Å². The number of carbonyl (C=O) groups excluding carboxylic acids is 3. The van der Waals surface area contributed by atoms with Gasteiger partial charge in [-0.05, 0) is 0 Å². The van der Waals surface area contributed by atoms with Crippen LogP contribution < -0.4 is 0 Å². The van der Waals surface area contributed by atoms with Gasteiger partial charge in [-0.1, -0.05) is 0 Å². The monoisotopic (exact) mass is 270 g/mol. The Labute approximate surface area is 107 Å². The largest absolute Gasteiger partial charge is 0.440 e. The summed E-state index contributed by atoms with van der Waals surface area (Å²) >= 11 is 0. The number of ether oxygens (including phenoxy) is 3. The highest BCUT2D eigenvalue weighted by Crippen LogP contribution is 2.36. The highest BCUT2D eigenvalue weighted by atomic mass is 16.6. The second-order valence-corrected chi connectivity index (χ2v) is 5.03. The SMILES string of the molecule is C[N+]1(C2CO2)C(=O)N(C2CO2)C(=O)N(C2CO2)C1=O. The summed E-state index contributed by atoms with van der Waals surface area (Å²) in [6, 6.07) is -1.87. The number of hydrogen-bond donors (Lipinski definition) is 0. The molecule has 0 saturated carbocycles. The van der Waals surface area contributed by atoms with E-state index < -0.39 is 41.3 Å². The minimum absolute atomic E-state index is 0.302. The molecule has 9 nitrogen and oxygen atoms in total. The number of epoxide rings is 3. The van der Waals surface area contributed by atoms with E-state index in [0.29, 0.717) is 19.8 Å². The molecule has 0 aliphatic carbocycles. The fourth-order valence-electron chi connectivity index (χ4n) is 2.27. The van der Waals surface area contributed by atoms with Gasteiger partial charge in [-0.25, -0.2) is 14.4 Å². The molecule has 4 aliphatic heterocycles. The first-order valence-electron chi connectivity index (χ1n) is 5.97. The predicted molar refractivity (Wildman–Crippen MR) is 55.3 cm³/mol. The van der Waals surface area contributed by atoms with Crippen molar-refractivity contribution in [3.05, 3.63) is 0 Å². The highest BCUT2D eigenvalue weighted by molar-refractivity contribution is 6.06. The van der Waals surface area contributed by atoms with Gasteiger partial charge in [-0.15, -0.1) is 4.48 Å². The van der Waals surface area contributed by atoms with E-state index in [2.05, 4.69) is 0 Å². The number of rotatable bonds is 3. The van der Waals surface area contributed by atoms with Crippen molar-refractivity contribution in [1.29, 1.82) is 0 Å². The Morgan fingerprint density at radius 1 is 0.947 bits per heavy atom. The van der Waals surface area contributed by atoms with E-state index in [1.54, 1.807) is 0 Å². The summed E-state index contributed by atoms with van der Waals surface area (Å²) in [5, 5.41) is 0. The van der Waals surface area contributed by atoms with Crippen LogP contribution in [0.2, 0.25) is 0 Å². The van der Waals surface area contributed by atoms with Gasteiger partial charge >= 0.3 is 18.1 Å². The summed E-state index contributed by atoms with van der Waals surface area (Å²) in [6.45, 7) is 0.925. The first-order chi connectivity index (χ1) is 9.05. The molecule has 0 radical (unpaired) electrons. The Hall–Kier alpha value is -1.55. The van der Waals surface area contributed by atoms with E-state index in [1.165, 1.54) is 7.05 Å². The van der Waals surface area contributed by atoms with Gasteiger partial charge in [0, 0.05) is 0 Å². The number of urea groups is 3. The molecule has 102 valence electrons. The molecule has 0 bridgehead atoms. The van der Waals surface area contributed by atoms with E-state index in [4.69, 9.17) is 14.2 Å². The van der Waals surface area contributed by atoms with Gasteiger partial charge in [0.1, 0.15) is 6.61 Å². The average molecular weight is 270 g/mol. The summed E-state index contributed by atoms with van der Waals surface area (Å²) < 4.78 is 14.6. The Kier molecular flexibility index (Phi) is 1.97. The van der Waals surface area contributed by atoms with Gasteiger partial charge in [0.2, 0.25) is 6.23 Å². The molecule has 0 spiro atoms. The van der Waals surface area contributed by atoms with Crippen molar-refractivity contribution in [3.8, 4) is 0 Å². The molecule has 6 amide bonds. The van der Waals surface area contributed by atoms with E-state index in [9.17, 15) is 14.4 Å². The number of amides is 6. The number of hydrogen-bond acceptors (Lipinski definition) is 6. The molecular formula is C10H12N3O6+. The molecule has 4 fully saturated rings. The summed E-state index contributed by atoms with van der Waals surface area (Å²) in [6.07, 6.45) is -1.69. The fourth-order valence-corrected chi connectivity index (χ4v) is 2.27. The van der Waals surface area contributed by atoms with Crippen molar-refractivity contribution in [3.63, 3.8) is 0 Å². The fraction of sp³-hybridized carbons (Fsp3) is 0.700. The maximum Gasteiger partial charge on any atom is 0.440 e. The van der Waals surface area contributed by atoms with Gasteiger partial charge < -0.3 is 14.2 Å². The van der Waals surface area contributed by atoms with Crippen LogP contribution in [0.25, 0.3) is 0 Å². The van der Waals surface area contributed by atoms with E-state index in [1.807, 2.05) is 0 Å². The number of likely N-dealkylation sites (N-methyl/N-ethyl adjacent to an activating group) is 1. The van der Waals surface area contributed by atoms with Crippen LogP contribution in [0.5, 0.6) is 0 Å². The predicted octanol–water partition coefficient (Wildman–Crippen LogP) is -0.520. The molecule has 4 heterocycles. The molecule has 4 rings (SSSR count). The van der Waals surface area contributed by atoms with Crippen LogP contribution in [0.15, 0.2) is 0 Å². The normalized spacial score (nSPS) is 44.7. The Balaban J connectivity index is 1.76. The third-order valence-corrected chi connectivity index (χ3v) is 3.72. The number of nitrogens with zero attached hydrogens (tertiary/aromatic N) is 3.